The number of amides is 2. The van der Waals surface area contributed by atoms with Gasteiger partial charge in [-0.25, -0.2) is 9.31 Å². The number of likely N-dealkylation sites (N-methyl/N-ethyl adjacent to an activating group) is 1. The highest BCUT2D eigenvalue weighted by Crippen LogP contribution is 2.12. The van der Waals surface area contributed by atoms with E-state index in [-0.39, 0.29) is 6.03 Å². The van der Waals surface area contributed by atoms with E-state index < -0.39 is 0 Å². The van der Waals surface area contributed by atoms with Crippen LogP contribution in [-0.2, 0) is 0 Å². The lowest BCUT2D eigenvalue weighted by molar-refractivity contribution is 0.164. The van der Waals surface area contributed by atoms with E-state index in [0.29, 0.717) is 0 Å². The lowest BCUT2D eigenvalue weighted by Crippen LogP contribution is -2.48. The van der Waals surface area contributed by atoms with E-state index in [0.717, 1.165) is 37.4 Å². The number of hydrogen-bond acceptors (Lipinski definition) is 3. The van der Waals surface area contributed by atoms with E-state index in [9.17, 15) is 4.79 Å². The average Bonchev–Trinajstić information content (AvgIpc) is 2.87. The number of hydrogen-bond donors (Lipinski definition) is 1. The fraction of sp³-hybridized carbons (Fsp3) is 0.385. The number of urea groups is 1. The number of pyridine rings is 1. The van der Waals surface area contributed by atoms with Gasteiger partial charge in [-0.2, -0.15) is 5.10 Å². The molecule has 19 heavy (non-hydrogen) atoms. The molecule has 0 radical (unpaired) electrons. The number of aromatic nitrogens is 2. The smallest absolute Gasteiger partial charge is 0.321 e. The first kappa shape index (κ1) is 12.0. The summed E-state index contributed by atoms with van der Waals surface area (Å²) in [7, 11) is 2.07. The summed E-state index contributed by atoms with van der Waals surface area (Å²) in [6.45, 7) is 3.40. The highest BCUT2D eigenvalue weighted by atomic mass is 16.2. The number of nitrogens with one attached hydrogen (secondary N) is 1. The summed E-state index contributed by atoms with van der Waals surface area (Å²) in [5.41, 5.74) is 1.77. The van der Waals surface area contributed by atoms with E-state index >= 15 is 0 Å². The Morgan fingerprint density at radius 3 is 2.84 bits per heavy atom. The lowest BCUT2D eigenvalue weighted by Gasteiger charge is -2.32. The molecule has 0 aliphatic carbocycles. The Balaban J connectivity index is 1.68. The standard InChI is InChI=1S/C13H17N5O/c1-16-6-8-17(9-7-16)13(19)15-11-3-5-18-12(10-11)2-4-14-18/h2-5,10H,6-9H2,1H3,(H,15,19). The normalized spacial score (nSPS) is 16.8. The van der Waals surface area contributed by atoms with Crippen LogP contribution in [0.4, 0.5) is 10.5 Å². The van der Waals surface area contributed by atoms with Crippen LogP contribution in [0.15, 0.2) is 30.6 Å². The second kappa shape index (κ2) is 4.89. The van der Waals surface area contributed by atoms with Gasteiger partial charge >= 0.3 is 6.03 Å². The Labute approximate surface area is 111 Å². The van der Waals surface area contributed by atoms with Crippen molar-refractivity contribution in [2.45, 2.75) is 0 Å². The van der Waals surface area contributed by atoms with Gasteiger partial charge in [0.2, 0.25) is 0 Å². The monoisotopic (exact) mass is 259 g/mol. The Kier molecular flexibility index (Phi) is 3.08. The molecule has 1 aliphatic rings. The average molecular weight is 259 g/mol. The molecule has 1 fully saturated rings. The molecule has 1 saturated heterocycles. The third-order valence-corrected chi connectivity index (χ3v) is 3.44. The molecule has 100 valence electrons. The van der Waals surface area contributed by atoms with Gasteiger partial charge in [0.25, 0.3) is 0 Å². The second-order valence-electron chi connectivity index (χ2n) is 4.84. The summed E-state index contributed by atoms with van der Waals surface area (Å²) < 4.78 is 1.77. The molecular formula is C13H17N5O. The van der Waals surface area contributed by atoms with Crippen LogP contribution in [-0.4, -0.2) is 58.7 Å². The summed E-state index contributed by atoms with van der Waals surface area (Å²) in [6.07, 6.45) is 3.58. The number of rotatable bonds is 1. The van der Waals surface area contributed by atoms with Crippen molar-refractivity contribution in [3.8, 4) is 0 Å². The van der Waals surface area contributed by atoms with E-state index in [1.165, 1.54) is 0 Å². The Hall–Kier alpha value is -2.08. The predicted molar refractivity (Wildman–Crippen MR) is 73.3 cm³/mol. The maximum absolute atomic E-state index is 12.1. The van der Waals surface area contributed by atoms with Crippen molar-refractivity contribution < 1.29 is 4.79 Å². The number of carbonyl (C=O) groups excluding carboxylic acids is 1. The third kappa shape index (κ3) is 2.53. The quantitative estimate of drug-likeness (QED) is 0.834. The van der Waals surface area contributed by atoms with Crippen LogP contribution in [0.2, 0.25) is 0 Å². The number of piperazine rings is 1. The molecule has 2 aromatic rings. The SMILES string of the molecule is CN1CCN(C(=O)Nc2ccn3nccc3c2)CC1. The van der Waals surface area contributed by atoms with E-state index in [1.807, 2.05) is 29.3 Å². The van der Waals surface area contributed by atoms with Gasteiger partial charge in [0, 0.05) is 44.3 Å². The molecule has 2 aromatic heterocycles. The molecule has 0 spiro atoms. The van der Waals surface area contributed by atoms with E-state index in [2.05, 4.69) is 22.4 Å². The zero-order valence-corrected chi connectivity index (χ0v) is 10.9. The molecular weight excluding hydrogens is 242 g/mol. The van der Waals surface area contributed by atoms with E-state index in [4.69, 9.17) is 0 Å². The minimum Gasteiger partial charge on any atom is -0.322 e. The van der Waals surface area contributed by atoms with Crippen molar-refractivity contribution in [1.82, 2.24) is 19.4 Å². The fourth-order valence-corrected chi connectivity index (χ4v) is 2.21. The van der Waals surface area contributed by atoms with Crippen molar-refractivity contribution >= 4 is 17.2 Å². The molecule has 6 heteroatoms. The van der Waals surface area contributed by atoms with Crippen molar-refractivity contribution in [1.29, 1.82) is 0 Å². The van der Waals surface area contributed by atoms with Gasteiger partial charge in [0.05, 0.1) is 5.52 Å². The van der Waals surface area contributed by atoms with Crippen LogP contribution in [0.1, 0.15) is 0 Å². The summed E-state index contributed by atoms with van der Waals surface area (Å²) in [6, 6.07) is 5.65. The largest absolute Gasteiger partial charge is 0.322 e. The zero-order valence-electron chi connectivity index (χ0n) is 10.9. The minimum atomic E-state index is -0.0306. The van der Waals surface area contributed by atoms with Crippen LogP contribution in [0.5, 0.6) is 0 Å². The Morgan fingerprint density at radius 2 is 2.05 bits per heavy atom. The van der Waals surface area contributed by atoms with Crippen LogP contribution >= 0.6 is 0 Å². The molecule has 0 saturated carbocycles. The van der Waals surface area contributed by atoms with Gasteiger partial charge in [-0.1, -0.05) is 0 Å². The number of nitrogens with zero attached hydrogens (tertiary/aromatic N) is 4. The van der Waals surface area contributed by atoms with Crippen molar-refractivity contribution in [2.24, 2.45) is 0 Å². The molecule has 2 amide bonds. The number of carbonyl (C=O) groups is 1. The molecule has 6 nitrogen and oxygen atoms in total. The molecule has 0 bridgehead atoms. The van der Waals surface area contributed by atoms with Gasteiger partial charge < -0.3 is 15.1 Å². The van der Waals surface area contributed by atoms with Crippen molar-refractivity contribution in [3.05, 3.63) is 30.6 Å². The lowest BCUT2D eigenvalue weighted by atomic mass is 10.3. The Morgan fingerprint density at radius 1 is 1.26 bits per heavy atom. The topological polar surface area (TPSA) is 52.9 Å². The Bertz CT molecular complexity index is 585. The summed E-state index contributed by atoms with van der Waals surface area (Å²) in [4.78, 5) is 16.2. The number of anilines is 1. The minimum absolute atomic E-state index is 0.0306. The maximum Gasteiger partial charge on any atom is 0.321 e. The summed E-state index contributed by atoms with van der Waals surface area (Å²) in [5.74, 6) is 0. The molecule has 1 N–H and O–H groups in total. The molecule has 3 rings (SSSR count). The summed E-state index contributed by atoms with van der Waals surface area (Å²) in [5, 5.41) is 7.06. The molecule has 1 aliphatic heterocycles. The van der Waals surface area contributed by atoms with Crippen LogP contribution in [0.25, 0.3) is 5.52 Å². The fourth-order valence-electron chi connectivity index (χ4n) is 2.21. The van der Waals surface area contributed by atoms with E-state index in [1.54, 1.807) is 10.7 Å². The van der Waals surface area contributed by atoms with Gasteiger partial charge in [0.15, 0.2) is 0 Å². The first-order valence-electron chi connectivity index (χ1n) is 6.40. The summed E-state index contributed by atoms with van der Waals surface area (Å²) >= 11 is 0. The predicted octanol–water partition coefficient (Wildman–Crippen LogP) is 1.11. The van der Waals surface area contributed by atoms with Gasteiger partial charge in [-0.15, -0.1) is 0 Å². The number of fused-ring (bicyclic) bond motifs is 1. The first-order valence-corrected chi connectivity index (χ1v) is 6.40. The molecule has 0 unspecified atom stereocenters. The second-order valence-corrected chi connectivity index (χ2v) is 4.84. The van der Waals surface area contributed by atoms with Gasteiger partial charge in [-0.05, 0) is 25.2 Å². The van der Waals surface area contributed by atoms with Crippen LogP contribution < -0.4 is 5.32 Å². The highest BCUT2D eigenvalue weighted by Gasteiger charge is 2.18. The zero-order chi connectivity index (χ0) is 13.2. The van der Waals surface area contributed by atoms with Crippen molar-refractivity contribution in [3.63, 3.8) is 0 Å². The molecule has 0 atom stereocenters. The molecule has 3 heterocycles. The van der Waals surface area contributed by atoms with Crippen LogP contribution in [0, 0.1) is 0 Å². The first-order chi connectivity index (χ1) is 9.22. The van der Waals surface area contributed by atoms with Gasteiger partial charge in [-0.3, -0.25) is 0 Å². The third-order valence-electron chi connectivity index (χ3n) is 3.44. The van der Waals surface area contributed by atoms with Crippen molar-refractivity contribution in [2.75, 3.05) is 38.5 Å². The molecule has 0 aromatic carbocycles. The maximum atomic E-state index is 12.1. The van der Waals surface area contributed by atoms with Crippen LogP contribution in [0.3, 0.4) is 0 Å². The highest BCUT2D eigenvalue weighted by molar-refractivity contribution is 5.90. The van der Waals surface area contributed by atoms with Gasteiger partial charge in [0.1, 0.15) is 0 Å².